The van der Waals surface area contributed by atoms with Crippen molar-refractivity contribution in [1.29, 1.82) is 0 Å². The van der Waals surface area contributed by atoms with Crippen LogP contribution in [0.4, 0.5) is 0 Å². The van der Waals surface area contributed by atoms with Crippen LogP contribution in [0.5, 0.6) is 0 Å². The molecule has 0 saturated carbocycles. The molecule has 0 bridgehead atoms. The van der Waals surface area contributed by atoms with E-state index < -0.39 is 22.0 Å². The summed E-state index contributed by atoms with van der Waals surface area (Å²) in [6.45, 7) is 1.01. The Labute approximate surface area is 147 Å². The van der Waals surface area contributed by atoms with Crippen LogP contribution in [0.15, 0.2) is 53.4 Å². The van der Waals surface area contributed by atoms with E-state index in [1.165, 1.54) is 19.2 Å². The van der Waals surface area contributed by atoms with Gasteiger partial charge in [0.2, 0.25) is 10.0 Å². The van der Waals surface area contributed by atoms with Crippen molar-refractivity contribution >= 4 is 16.0 Å². The average Bonchev–Trinajstić information content (AvgIpc) is 2.61. The average molecular weight is 360 g/mol. The van der Waals surface area contributed by atoms with Crippen molar-refractivity contribution in [3.05, 3.63) is 65.2 Å². The summed E-state index contributed by atoms with van der Waals surface area (Å²) in [6, 6.07) is 13.8. The lowest BCUT2D eigenvalue weighted by Crippen LogP contribution is -2.45. The molecule has 2 N–H and O–H groups in total. The smallest absolute Gasteiger partial charge is 0.321 e. The first kappa shape index (κ1) is 17.6. The highest BCUT2D eigenvalue weighted by Crippen LogP contribution is 2.25. The molecule has 0 spiro atoms. The van der Waals surface area contributed by atoms with Crippen LogP contribution in [0.25, 0.3) is 0 Å². The standard InChI is InChI=1S/C18H20N2O4S/c1-19-25(23,24)16-8-6-13(7-9-16)11-20-12-15-5-3-2-4-14(15)10-17(20)18(21)22/h2-9,17,19H,10-12H2,1H3,(H,21,22). The summed E-state index contributed by atoms with van der Waals surface area (Å²) in [5.74, 6) is -0.844. The molecular weight excluding hydrogens is 340 g/mol. The number of carboxylic acid groups (broad SMARTS) is 1. The summed E-state index contributed by atoms with van der Waals surface area (Å²) < 4.78 is 25.8. The van der Waals surface area contributed by atoms with E-state index in [-0.39, 0.29) is 4.90 Å². The third-order valence-electron chi connectivity index (χ3n) is 4.52. The minimum absolute atomic E-state index is 0.192. The van der Waals surface area contributed by atoms with Gasteiger partial charge in [-0.1, -0.05) is 36.4 Å². The summed E-state index contributed by atoms with van der Waals surface area (Å²) in [7, 11) is -2.10. The molecule has 25 heavy (non-hydrogen) atoms. The van der Waals surface area contributed by atoms with Crippen LogP contribution < -0.4 is 4.72 Å². The molecule has 3 rings (SSSR count). The van der Waals surface area contributed by atoms with Gasteiger partial charge in [-0.25, -0.2) is 13.1 Å². The second-order valence-electron chi connectivity index (χ2n) is 6.08. The lowest BCUT2D eigenvalue weighted by Gasteiger charge is -2.34. The monoisotopic (exact) mass is 360 g/mol. The molecule has 1 aliphatic rings. The minimum atomic E-state index is -3.47. The number of carboxylic acids is 1. The van der Waals surface area contributed by atoms with E-state index in [0.717, 1.165) is 16.7 Å². The van der Waals surface area contributed by atoms with Gasteiger partial charge in [0.25, 0.3) is 0 Å². The lowest BCUT2D eigenvalue weighted by atomic mass is 9.93. The second kappa shape index (κ2) is 6.95. The Morgan fingerprint density at radius 1 is 1.16 bits per heavy atom. The number of hydrogen-bond donors (Lipinski definition) is 2. The van der Waals surface area contributed by atoms with Crippen LogP contribution in [0.1, 0.15) is 16.7 Å². The van der Waals surface area contributed by atoms with Gasteiger partial charge in [0.05, 0.1) is 4.90 Å². The number of aliphatic carboxylic acids is 1. The highest BCUT2D eigenvalue weighted by Gasteiger charge is 2.31. The number of sulfonamides is 1. The molecule has 1 aliphatic heterocycles. The predicted molar refractivity (Wildman–Crippen MR) is 93.5 cm³/mol. The molecule has 1 heterocycles. The summed E-state index contributed by atoms with van der Waals surface area (Å²) >= 11 is 0. The van der Waals surface area contributed by atoms with Crippen molar-refractivity contribution in [3.63, 3.8) is 0 Å². The SMILES string of the molecule is CNS(=O)(=O)c1ccc(CN2Cc3ccccc3CC2C(=O)O)cc1. The summed E-state index contributed by atoms with van der Waals surface area (Å²) in [6.07, 6.45) is 0.470. The molecule has 0 radical (unpaired) electrons. The van der Waals surface area contributed by atoms with Gasteiger partial charge in [0.15, 0.2) is 0 Å². The maximum atomic E-state index is 11.8. The first-order valence-electron chi connectivity index (χ1n) is 7.97. The molecule has 2 aromatic carbocycles. The zero-order valence-corrected chi connectivity index (χ0v) is 14.7. The molecular formula is C18H20N2O4S. The second-order valence-corrected chi connectivity index (χ2v) is 7.97. The molecule has 0 amide bonds. The van der Waals surface area contributed by atoms with Crippen molar-refractivity contribution in [3.8, 4) is 0 Å². The van der Waals surface area contributed by atoms with Crippen molar-refractivity contribution in [1.82, 2.24) is 9.62 Å². The predicted octanol–water partition coefficient (Wildman–Crippen LogP) is 1.61. The Morgan fingerprint density at radius 2 is 1.80 bits per heavy atom. The summed E-state index contributed by atoms with van der Waals surface area (Å²) in [5, 5.41) is 9.57. The third-order valence-corrected chi connectivity index (χ3v) is 5.95. The zero-order chi connectivity index (χ0) is 18.0. The molecule has 1 unspecified atom stereocenters. The van der Waals surface area contributed by atoms with Crippen LogP contribution in [-0.4, -0.2) is 37.5 Å². The van der Waals surface area contributed by atoms with E-state index in [9.17, 15) is 18.3 Å². The molecule has 0 aliphatic carbocycles. The maximum absolute atomic E-state index is 11.8. The Hall–Kier alpha value is -2.22. The van der Waals surface area contributed by atoms with Crippen molar-refractivity contribution in [2.45, 2.75) is 30.4 Å². The van der Waals surface area contributed by atoms with Crippen LogP contribution in [0.3, 0.4) is 0 Å². The number of rotatable bonds is 5. The van der Waals surface area contributed by atoms with Gasteiger partial charge in [-0.3, -0.25) is 9.69 Å². The van der Waals surface area contributed by atoms with Gasteiger partial charge in [-0.15, -0.1) is 0 Å². The number of fused-ring (bicyclic) bond motifs is 1. The Balaban J connectivity index is 1.82. The Bertz CT molecular complexity index is 878. The fourth-order valence-corrected chi connectivity index (χ4v) is 3.84. The molecule has 0 fully saturated rings. The fourth-order valence-electron chi connectivity index (χ4n) is 3.11. The van der Waals surface area contributed by atoms with E-state index in [0.29, 0.717) is 19.5 Å². The molecule has 7 heteroatoms. The first-order valence-corrected chi connectivity index (χ1v) is 9.45. The van der Waals surface area contributed by atoms with Crippen molar-refractivity contribution in [2.24, 2.45) is 0 Å². The van der Waals surface area contributed by atoms with E-state index in [4.69, 9.17) is 0 Å². The molecule has 132 valence electrons. The first-order chi connectivity index (χ1) is 11.9. The normalized spacial score (nSPS) is 17.9. The highest BCUT2D eigenvalue weighted by molar-refractivity contribution is 7.89. The van der Waals surface area contributed by atoms with Gasteiger partial charge in [-0.2, -0.15) is 0 Å². The maximum Gasteiger partial charge on any atom is 0.321 e. The van der Waals surface area contributed by atoms with Crippen LogP contribution in [-0.2, 0) is 34.3 Å². The van der Waals surface area contributed by atoms with Crippen molar-refractivity contribution < 1.29 is 18.3 Å². The van der Waals surface area contributed by atoms with E-state index in [2.05, 4.69) is 4.72 Å². The number of hydrogen-bond acceptors (Lipinski definition) is 4. The van der Waals surface area contributed by atoms with Crippen LogP contribution in [0, 0.1) is 0 Å². The van der Waals surface area contributed by atoms with Crippen LogP contribution in [0.2, 0.25) is 0 Å². The molecule has 2 aromatic rings. The van der Waals surface area contributed by atoms with E-state index in [1.54, 1.807) is 12.1 Å². The number of nitrogens with one attached hydrogen (secondary N) is 1. The van der Waals surface area contributed by atoms with Gasteiger partial charge >= 0.3 is 5.97 Å². The van der Waals surface area contributed by atoms with Gasteiger partial charge in [0.1, 0.15) is 6.04 Å². The van der Waals surface area contributed by atoms with Gasteiger partial charge < -0.3 is 5.11 Å². The number of carbonyl (C=O) groups is 1. The quantitative estimate of drug-likeness (QED) is 0.846. The topological polar surface area (TPSA) is 86.7 Å². The van der Waals surface area contributed by atoms with E-state index in [1.807, 2.05) is 29.2 Å². The number of benzene rings is 2. The molecule has 0 aromatic heterocycles. The van der Waals surface area contributed by atoms with E-state index >= 15 is 0 Å². The molecule has 1 atom stereocenters. The Kier molecular flexibility index (Phi) is 4.89. The lowest BCUT2D eigenvalue weighted by molar-refractivity contribution is -0.144. The third kappa shape index (κ3) is 3.73. The largest absolute Gasteiger partial charge is 0.480 e. The highest BCUT2D eigenvalue weighted by atomic mass is 32.2. The molecule has 0 saturated heterocycles. The van der Waals surface area contributed by atoms with Gasteiger partial charge in [0, 0.05) is 13.1 Å². The minimum Gasteiger partial charge on any atom is -0.480 e. The zero-order valence-electron chi connectivity index (χ0n) is 13.8. The summed E-state index contributed by atoms with van der Waals surface area (Å²) in [5.41, 5.74) is 3.08. The fraction of sp³-hybridized carbons (Fsp3) is 0.278. The molecule has 6 nitrogen and oxygen atoms in total. The number of nitrogens with zero attached hydrogens (tertiary/aromatic N) is 1. The van der Waals surface area contributed by atoms with Crippen molar-refractivity contribution in [2.75, 3.05) is 7.05 Å². The summed E-state index contributed by atoms with van der Waals surface area (Å²) in [4.78, 5) is 13.8. The van der Waals surface area contributed by atoms with Gasteiger partial charge in [-0.05, 0) is 42.3 Å². The Morgan fingerprint density at radius 3 is 2.40 bits per heavy atom. The van der Waals surface area contributed by atoms with Crippen LogP contribution >= 0.6 is 0 Å².